The van der Waals surface area contributed by atoms with Gasteiger partial charge in [-0.05, 0) is 37.1 Å². The fraction of sp³-hybridized carbons (Fsp3) is 0.267. The van der Waals surface area contributed by atoms with Crippen molar-refractivity contribution in [1.29, 1.82) is 0 Å². The number of hydrogen-bond donors (Lipinski definition) is 1. The lowest BCUT2D eigenvalue weighted by Gasteiger charge is -2.22. The third-order valence-electron chi connectivity index (χ3n) is 3.51. The molecule has 2 N–H and O–H groups in total. The average Bonchev–Trinajstić information content (AvgIpc) is 2.81. The number of halogens is 1. The highest BCUT2D eigenvalue weighted by Crippen LogP contribution is 2.36. The molecule has 3 rings (SSSR count). The van der Waals surface area contributed by atoms with Crippen molar-refractivity contribution in [2.24, 2.45) is 5.73 Å². The Bertz CT molecular complexity index is 610. The van der Waals surface area contributed by atoms with Crippen molar-refractivity contribution in [3.63, 3.8) is 0 Å². The molecule has 0 unspecified atom stereocenters. The van der Waals surface area contributed by atoms with Gasteiger partial charge in [-0.2, -0.15) is 0 Å². The second kappa shape index (κ2) is 4.63. The minimum atomic E-state index is -0.219. The SMILES string of the molecule is C[C@H](N)c1cccnc1N1CCc2ccc(F)cc21. The van der Waals surface area contributed by atoms with Gasteiger partial charge in [-0.25, -0.2) is 9.37 Å². The quantitative estimate of drug-likeness (QED) is 0.899. The first-order valence-corrected chi connectivity index (χ1v) is 6.43. The zero-order valence-electron chi connectivity index (χ0n) is 10.8. The molecule has 0 spiro atoms. The second-order valence-corrected chi connectivity index (χ2v) is 4.88. The maximum absolute atomic E-state index is 13.4. The van der Waals surface area contributed by atoms with Crippen LogP contribution < -0.4 is 10.6 Å². The van der Waals surface area contributed by atoms with Crippen LogP contribution in [0.1, 0.15) is 24.1 Å². The van der Waals surface area contributed by atoms with E-state index in [1.54, 1.807) is 12.3 Å². The molecule has 1 aromatic heterocycles. The summed E-state index contributed by atoms with van der Waals surface area (Å²) in [5, 5.41) is 0. The maximum atomic E-state index is 13.4. The second-order valence-electron chi connectivity index (χ2n) is 4.88. The van der Waals surface area contributed by atoms with Gasteiger partial charge in [0.25, 0.3) is 0 Å². The van der Waals surface area contributed by atoms with Gasteiger partial charge in [-0.15, -0.1) is 0 Å². The number of anilines is 2. The molecule has 3 nitrogen and oxygen atoms in total. The molecule has 0 bridgehead atoms. The van der Waals surface area contributed by atoms with Crippen LogP contribution in [0.2, 0.25) is 0 Å². The standard InChI is InChI=1S/C15H16FN3/c1-10(17)13-3-2-7-18-15(13)19-8-6-11-4-5-12(16)9-14(11)19/h2-5,7,9-10H,6,8,17H2,1H3/t10-/m0/s1. The molecule has 0 saturated carbocycles. The monoisotopic (exact) mass is 257 g/mol. The van der Waals surface area contributed by atoms with E-state index in [2.05, 4.69) is 9.88 Å². The van der Waals surface area contributed by atoms with Crippen LogP contribution in [0.5, 0.6) is 0 Å². The molecule has 0 amide bonds. The van der Waals surface area contributed by atoms with Gasteiger partial charge < -0.3 is 10.6 Å². The first-order valence-electron chi connectivity index (χ1n) is 6.43. The summed E-state index contributed by atoms with van der Waals surface area (Å²) in [5.41, 5.74) is 9.04. The fourth-order valence-electron chi connectivity index (χ4n) is 2.56. The van der Waals surface area contributed by atoms with Crippen LogP contribution in [-0.4, -0.2) is 11.5 Å². The van der Waals surface area contributed by atoms with E-state index in [0.29, 0.717) is 0 Å². The van der Waals surface area contributed by atoms with Crippen molar-refractivity contribution >= 4 is 11.5 Å². The molecule has 1 aliphatic rings. The van der Waals surface area contributed by atoms with Crippen molar-refractivity contribution in [2.75, 3.05) is 11.4 Å². The molecule has 2 heterocycles. The molecule has 19 heavy (non-hydrogen) atoms. The minimum Gasteiger partial charge on any atom is -0.325 e. The van der Waals surface area contributed by atoms with E-state index in [0.717, 1.165) is 35.6 Å². The number of hydrogen-bond acceptors (Lipinski definition) is 3. The highest BCUT2D eigenvalue weighted by atomic mass is 19.1. The number of nitrogens with two attached hydrogens (primary N) is 1. The topological polar surface area (TPSA) is 42.1 Å². The predicted octanol–water partition coefficient (Wildman–Crippen LogP) is 2.93. The van der Waals surface area contributed by atoms with Gasteiger partial charge in [0.2, 0.25) is 0 Å². The Morgan fingerprint density at radius 1 is 1.37 bits per heavy atom. The van der Waals surface area contributed by atoms with Crippen LogP contribution in [0.25, 0.3) is 0 Å². The summed E-state index contributed by atoms with van der Waals surface area (Å²) in [6.45, 7) is 2.75. The van der Waals surface area contributed by atoms with Crippen LogP contribution in [-0.2, 0) is 6.42 Å². The van der Waals surface area contributed by atoms with Gasteiger partial charge in [0.15, 0.2) is 0 Å². The van der Waals surface area contributed by atoms with Crippen LogP contribution >= 0.6 is 0 Å². The highest BCUT2D eigenvalue weighted by molar-refractivity contribution is 5.69. The number of fused-ring (bicyclic) bond motifs is 1. The van der Waals surface area contributed by atoms with E-state index in [1.165, 1.54) is 6.07 Å². The summed E-state index contributed by atoms with van der Waals surface area (Å²) >= 11 is 0. The van der Waals surface area contributed by atoms with Crippen molar-refractivity contribution in [2.45, 2.75) is 19.4 Å². The Labute approximate surface area is 111 Å². The molecule has 4 heteroatoms. The van der Waals surface area contributed by atoms with Gasteiger partial charge >= 0.3 is 0 Å². The van der Waals surface area contributed by atoms with Crippen molar-refractivity contribution < 1.29 is 4.39 Å². The Kier molecular flexibility index (Phi) is 2.95. The van der Waals surface area contributed by atoms with Crippen molar-refractivity contribution in [3.8, 4) is 0 Å². The Morgan fingerprint density at radius 3 is 3.00 bits per heavy atom. The molecule has 0 saturated heterocycles. The summed E-state index contributed by atoms with van der Waals surface area (Å²) in [7, 11) is 0. The van der Waals surface area contributed by atoms with Gasteiger partial charge in [0.1, 0.15) is 11.6 Å². The number of benzene rings is 1. The summed E-state index contributed by atoms with van der Waals surface area (Å²) in [6, 6.07) is 8.69. The molecule has 2 aromatic rings. The average molecular weight is 257 g/mol. The Hall–Kier alpha value is -1.94. The Balaban J connectivity index is 2.09. The number of pyridine rings is 1. The van der Waals surface area contributed by atoms with Crippen molar-refractivity contribution in [3.05, 3.63) is 53.5 Å². The summed E-state index contributed by atoms with van der Waals surface area (Å²) < 4.78 is 13.4. The molecule has 0 radical (unpaired) electrons. The number of rotatable bonds is 2. The fourth-order valence-corrected chi connectivity index (χ4v) is 2.56. The smallest absolute Gasteiger partial charge is 0.137 e. The summed E-state index contributed by atoms with van der Waals surface area (Å²) in [5.74, 6) is 0.616. The minimum absolute atomic E-state index is 0.0960. The number of nitrogens with zero attached hydrogens (tertiary/aromatic N) is 2. The van der Waals surface area contributed by atoms with E-state index < -0.39 is 0 Å². The third-order valence-corrected chi connectivity index (χ3v) is 3.51. The normalized spacial score (nSPS) is 15.4. The lowest BCUT2D eigenvalue weighted by molar-refractivity contribution is 0.628. The molecular weight excluding hydrogens is 241 g/mol. The zero-order valence-corrected chi connectivity index (χ0v) is 10.8. The first kappa shape index (κ1) is 12.1. The largest absolute Gasteiger partial charge is 0.325 e. The van der Waals surface area contributed by atoms with E-state index in [1.807, 2.05) is 25.1 Å². The van der Waals surface area contributed by atoms with Crippen molar-refractivity contribution in [1.82, 2.24) is 4.98 Å². The molecular formula is C15H16FN3. The number of aromatic nitrogens is 1. The lowest BCUT2D eigenvalue weighted by Crippen LogP contribution is -2.19. The van der Waals surface area contributed by atoms with E-state index in [9.17, 15) is 4.39 Å². The molecule has 98 valence electrons. The highest BCUT2D eigenvalue weighted by Gasteiger charge is 2.24. The molecule has 0 aliphatic carbocycles. The zero-order chi connectivity index (χ0) is 13.4. The van der Waals surface area contributed by atoms with E-state index >= 15 is 0 Å². The first-order chi connectivity index (χ1) is 9.16. The van der Waals surface area contributed by atoms with Gasteiger partial charge in [-0.3, -0.25) is 0 Å². The van der Waals surface area contributed by atoms with Crippen LogP contribution in [0.15, 0.2) is 36.5 Å². The van der Waals surface area contributed by atoms with Gasteiger partial charge in [-0.1, -0.05) is 12.1 Å². The lowest BCUT2D eigenvalue weighted by atomic mass is 10.1. The van der Waals surface area contributed by atoms with Gasteiger partial charge in [0.05, 0.1) is 0 Å². The molecule has 1 aromatic carbocycles. The van der Waals surface area contributed by atoms with Crippen LogP contribution in [0, 0.1) is 5.82 Å². The third kappa shape index (κ3) is 2.08. The Morgan fingerprint density at radius 2 is 2.21 bits per heavy atom. The van der Waals surface area contributed by atoms with Crippen LogP contribution in [0.3, 0.4) is 0 Å². The summed E-state index contributed by atoms with van der Waals surface area (Å²) in [4.78, 5) is 6.49. The van der Waals surface area contributed by atoms with Gasteiger partial charge in [0, 0.05) is 30.0 Å². The summed E-state index contributed by atoms with van der Waals surface area (Å²) in [6.07, 6.45) is 2.66. The van der Waals surface area contributed by atoms with Crippen LogP contribution in [0.4, 0.5) is 15.9 Å². The maximum Gasteiger partial charge on any atom is 0.137 e. The van der Waals surface area contributed by atoms with E-state index in [-0.39, 0.29) is 11.9 Å². The molecule has 1 aliphatic heterocycles. The molecule has 1 atom stereocenters. The molecule has 0 fully saturated rings. The predicted molar refractivity (Wildman–Crippen MR) is 73.9 cm³/mol. The van der Waals surface area contributed by atoms with E-state index in [4.69, 9.17) is 5.73 Å².